The summed E-state index contributed by atoms with van der Waals surface area (Å²) in [4.78, 5) is 14.3. The summed E-state index contributed by atoms with van der Waals surface area (Å²) < 4.78 is 5.57. The Morgan fingerprint density at radius 3 is 2.60 bits per heavy atom. The van der Waals surface area contributed by atoms with Gasteiger partial charge < -0.3 is 20.7 Å². The van der Waals surface area contributed by atoms with E-state index in [0.717, 1.165) is 51.9 Å². The summed E-state index contributed by atoms with van der Waals surface area (Å²) in [5, 5.41) is 3.08. The van der Waals surface area contributed by atoms with Crippen LogP contribution in [0.4, 0.5) is 0 Å². The normalized spacial score (nSPS) is 19.2. The molecule has 1 aliphatic rings. The molecule has 1 amide bonds. The summed E-state index contributed by atoms with van der Waals surface area (Å²) in [5.74, 6) is 0.00782. The zero-order valence-corrected chi connectivity index (χ0v) is 13.2. The molecule has 0 aromatic carbocycles. The van der Waals surface area contributed by atoms with Crippen LogP contribution in [-0.2, 0) is 9.53 Å². The molecule has 1 atom stereocenters. The number of piperidine rings is 1. The van der Waals surface area contributed by atoms with E-state index in [1.165, 1.54) is 0 Å². The second-order valence-electron chi connectivity index (χ2n) is 5.94. The fourth-order valence-electron chi connectivity index (χ4n) is 2.47. The third-order valence-electron chi connectivity index (χ3n) is 3.73. The fraction of sp³-hybridized carbons (Fsp3) is 0.933. The molecule has 1 rings (SSSR count). The molecule has 0 aliphatic carbocycles. The Bertz CT molecular complexity index is 276. The standard InChI is InChI=1S/C15H31N3O2/c1-4-5-14(16)15(19)17-13-6-8-18(9-7-13)10-11-20-12(2)3/h12-14H,4-11,16H2,1-3H3,(H,17,19). The highest BCUT2D eigenvalue weighted by Gasteiger charge is 2.22. The van der Waals surface area contributed by atoms with Crippen molar-refractivity contribution < 1.29 is 9.53 Å². The van der Waals surface area contributed by atoms with Gasteiger partial charge in [-0.05, 0) is 33.1 Å². The molecule has 3 N–H and O–H groups in total. The van der Waals surface area contributed by atoms with E-state index in [9.17, 15) is 4.79 Å². The van der Waals surface area contributed by atoms with Gasteiger partial charge in [-0.1, -0.05) is 13.3 Å². The van der Waals surface area contributed by atoms with Crippen molar-refractivity contribution in [2.75, 3.05) is 26.2 Å². The van der Waals surface area contributed by atoms with Crippen molar-refractivity contribution in [2.45, 2.75) is 64.6 Å². The summed E-state index contributed by atoms with van der Waals surface area (Å²) in [6, 6.07) is -0.0647. The van der Waals surface area contributed by atoms with Crippen molar-refractivity contribution in [3.05, 3.63) is 0 Å². The maximum absolute atomic E-state index is 11.9. The molecule has 0 bridgehead atoms. The number of carbonyl (C=O) groups excluding carboxylic acids is 1. The molecule has 0 saturated carbocycles. The second kappa shape index (κ2) is 9.32. The van der Waals surface area contributed by atoms with E-state index in [1.54, 1.807) is 0 Å². The fourth-order valence-corrected chi connectivity index (χ4v) is 2.47. The summed E-state index contributed by atoms with van der Waals surface area (Å²) >= 11 is 0. The molecular formula is C15H31N3O2. The van der Waals surface area contributed by atoms with Crippen molar-refractivity contribution in [3.8, 4) is 0 Å². The number of hydrogen-bond acceptors (Lipinski definition) is 4. The van der Waals surface area contributed by atoms with Gasteiger partial charge >= 0.3 is 0 Å². The number of amides is 1. The molecule has 20 heavy (non-hydrogen) atoms. The summed E-state index contributed by atoms with van der Waals surface area (Å²) in [5.41, 5.74) is 5.83. The third-order valence-corrected chi connectivity index (χ3v) is 3.73. The van der Waals surface area contributed by atoms with E-state index in [4.69, 9.17) is 10.5 Å². The lowest BCUT2D eigenvalue weighted by atomic mass is 10.0. The molecule has 0 aromatic heterocycles. The van der Waals surface area contributed by atoms with Gasteiger partial charge in [0, 0.05) is 25.7 Å². The topological polar surface area (TPSA) is 67.6 Å². The highest BCUT2D eigenvalue weighted by Crippen LogP contribution is 2.10. The van der Waals surface area contributed by atoms with E-state index < -0.39 is 0 Å². The molecule has 1 saturated heterocycles. The van der Waals surface area contributed by atoms with Crippen LogP contribution >= 0.6 is 0 Å². The third kappa shape index (κ3) is 6.68. The predicted molar refractivity (Wildman–Crippen MR) is 81.6 cm³/mol. The van der Waals surface area contributed by atoms with E-state index in [-0.39, 0.29) is 18.0 Å². The molecule has 5 heteroatoms. The maximum atomic E-state index is 11.9. The number of nitrogens with two attached hydrogens (primary N) is 1. The second-order valence-corrected chi connectivity index (χ2v) is 5.94. The van der Waals surface area contributed by atoms with Crippen LogP contribution in [-0.4, -0.2) is 55.2 Å². The van der Waals surface area contributed by atoms with Crippen LogP contribution in [0.25, 0.3) is 0 Å². The smallest absolute Gasteiger partial charge is 0.237 e. The Kier molecular flexibility index (Phi) is 8.11. The summed E-state index contributed by atoms with van der Waals surface area (Å²) in [7, 11) is 0. The zero-order valence-electron chi connectivity index (χ0n) is 13.2. The van der Waals surface area contributed by atoms with Crippen molar-refractivity contribution >= 4 is 5.91 Å². The number of nitrogens with zero attached hydrogens (tertiary/aromatic N) is 1. The molecule has 1 aliphatic heterocycles. The highest BCUT2D eigenvalue weighted by atomic mass is 16.5. The Hall–Kier alpha value is -0.650. The van der Waals surface area contributed by atoms with Crippen molar-refractivity contribution in [3.63, 3.8) is 0 Å². The van der Waals surface area contributed by atoms with Crippen LogP contribution in [0, 0.1) is 0 Å². The average Bonchev–Trinajstić information content (AvgIpc) is 2.40. The maximum Gasteiger partial charge on any atom is 0.237 e. The largest absolute Gasteiger partial charge is 0.377 e. The van der Waals surface area contributed by atoms with Crippen LogP contribution in [0.2, 0.25) is 0 Å². The molecule has 0 aromatic rings. The zero-order chi connectivity index (χ0) is 15.0. The first-order valence-electron chi connectivity index (χ1n) is 7.92. The minimum atomic E-state index is -0.350. The molecular weight excluding hydrogens is 254 g/mol. The van der Waals surface area contributed by atoms with Gasteiger partial charge in [-0.15, -0.1) is 0 Å². The highest BCUT2D eigenvalue weighted by molar-refractivity contribution is 5.81. The first-order valence-corrected chi connectivity index (χ1v) is 7.92. The number of ether oxygens (including phenoxy) is 1. The van der Waals surface area contributed by atoms with Crippen LogP contribution < -0.4 is 11.1 Å². The summed E-state index contributed by atoms with van der Waals surface area (Å²) in [6.45, 7) is 9.97. The van der Waals surface area contributed by atoms with Gasteiger partial charge in [0.25, 0.3) is 0 Å². The number of likely N-dealkylation sites (tertiary alicyclic amines) is 1. The van der Waals surface area contributed by atoms with Gasteiger partial charge in [0.15, 0.2) is 0 Å². The molecule has 5 nitrogen and oxygen atoms in total. The first-order chi connectivity index (χ1) is 9.52. The number of hydrogen-bond donors (Lipinski definition) is 2. The predicted octanol–water partition coefficient (Wildman–Crippen LogP) is 1.12. The molecule has 1 fully saturated rings. The molecule has 1 heterocycles. The van der Waals surface area contributed by atoms with Gasteiger partial charge in [0.1, 0.15) is 0 Å². The van der Waals surface area contributed by atoms with Crippen LogP contribution in [0.3, 0.4) is 0 Å². The molecule has 0 spiro atoms. The van der Waals surface area contributed by atoms with Crippen LogP contribution in [0.5, 0.6) is 0 Å². The van der Waals surface area contributed by atoms with Crippen LogP contribution in [0.1, 0.15) is 46.5 Å². The minimum absolute atomic E-state index is 0.00782. The van der Waals surface area contributed by atoms with Gasteiger partial charge in [-0.3, -0.25) is 4.79 Å². The minimum Gasteiger partial charge on any atom is -0.377 e. The SMILES string of the molecule is CCCC(N)C(=O)NC1CCN(CCOC(C)C)CC1. The lowest BCUT2D eigenvalue weighted by molar-refractivity contribution is -0.123. The van der Waals surface area contributed by atoms with E-state index in [0.29, 0.717) is 6.10 Å². The molecule has 1 unspecified atom stereocenters. The van der Waals surface area contributed by atoms with Gasteiger partial charge in [-0.25, -0.2) is 0 Å². The Labute approximate surface area is 123 Å². The quantitative estimate of drug-likeness (QED) is 0.701. The lowest BCUT2D eigenvalue weighted by Gasteiger charge is -2.32. The number of nitrogens with one attached hydrogen (secondary N) is 1. The van der Waals surface area contributed by atoms with E-state index >= 15 is 0 Å². The van der Waals surface area contributed by atoms with Gasteiger partial charge in [0.05, 0.1) is 18.8 Å². The van der Waals surface area contributed by atoms with Crippen molar-refractivity contribution in [1.82, 2.24) is 10.2 Å². The Morgan fingerprint density at radius 2 is 2.05 bits per heavy atom. The number of carbonyl (C=O) groups is 1. The van der Waals surface area contributed by atoms with Gasteiger partial charge in [0.2, 0.25) is 5.91 Å². The van der Waals surface area contributed by atoms with Crippen molar-refractivity contribution in [2.24, 2.45) is 5.73 Å². The monoisotopic (exact) mass is 285 g/mol. The van der Waals surface area contributed by atoms with E-state index in [2.05, 4.69) is 24.1 Å². The summed E-state index contributed by atoms with van der Waals surface area (Å²) in [6.07, 6.45) is 4.02. The first kappa shape index (κ1) is 17.4. The van der Waals surface area contributed by atoms with Crippen LogP contribution in [0.15, 0.2) is 0 Å². The molecule has 118 valence electrons. The lowest BCUT2D eigenvalue weighted by Crippen LogP contribution is -2.49. The Balaban J connectivity index is 2.17. The van der Waals surface area contributed by atoms with E-state index in [1.807, 2.05) is 6.92 Å². The number of rotatable bonds is 8. The Morgan fingerprint density at radius 1 is 1.40 bits per heavy atom. The van der Waals surface area contributed by atoms with Gasteiger partial charge in [-0.2, -0.15) is 0 Å². The molecule has 0 radical (unpaired) electrons. The average molecular weight is 285 g/mol. The van der Waals surface area contributed by atoms with Crippen molar-refractivity contribution in [1.29, 1.82) is 0 Å².